The molecule has 0 spiro atoms. The molecule has 0 saturated carbocycles. The summed E-state index contributed by atoms with van der Waals surface area (Å²) in [6.07, 6.45) is 3.62. The largest absolute Gasteiger partial charge is 0.493 e. The predicted molar refractivity (Wildman–Crippen MR) is 136 cm³/mol. The number of methoxy groups -OCH3 is 1. The number of allylic oxidation sites excluding steroid dienone is 1. The summed E-state index contributed by atoms with van der Waals surface area (Å²) in [6, 6.07) is 8.27. The molecule has 1 aromatic heterocycles. The molecule has 0 unspecified atom stereocenters. The van der Waals surface area contributed by atoms with Gasteiger partial charge in [0.25, 0.3) is 0 Å². The Morgan fingerprint density at radius 2 is 2.03 bits per heavy atom. The Labute approximate surface area is 214 Å². The van der Waals surface area contributed by atoms with Crippen LogP contribution in [0, 0.1) is 11.7 Å². The van der Waals surface area contributed by atoms with Crippen LogP contribution in [0.1, 0.15) is 26.2 Å². The smallest absolute Gasteiger partial charge is 0.414 e. The maximum absolute atomic E-state index is 14.4. The first-order valence-electron chi connectivity index (χ1n) is 11.6. The van der Waals surface area contributed by atoms with Crippen molar-refractivity contribution in [1.82, 2.24) is 14.9 Å². The number of benzene rings is 2. The van der Waals surface area contributed by atoms with E-state index < -0.39 is 5.82 Å². The molecule has 2 aromatic carbocycles. The normalized spacial score (nSPS) is 13.9. The number of piperidine rings is 1. The molecular weight excluding hydrogens is 487 g/mol. The molecule has 0 bridgehead atoms. The van der Waals surface area contributed by atoms with Crippen molar-refractivity contribution in [1.29, 1.82) is 0 Å². The van der Waals surface area contributed by atoms with Crippen molar-refractivity contribution in [3.63, 3.8) is 0 Å². The lowest BCUT2D eigenvalue weighted by Crippen LogP contribution is -2.38. The number of fused-ring (bicyclic) bond motifs is 1. The molecule has 1 aliphatic rings. The second-order valence-electron chi connectivity index (χ2n) is 8.61. The fraction of sp³-hybridized carbons (Fsp3) is 0.346. The number of rotatable bonds is 8. The summed E-state index contributed by atoms with van der Waals surface area (Å²) in [5, 5.41) is 3.66. The second-order valence-corrected chi connectivity index (χ2v) is 9.01. The summed E-state index contributed by atoms with van der Waals surface area (Å²) >= 11 is 5.91. The van der Waals surface area contributed by atoms with E-state index in [0.29, 0.717) is 59.6 Å². The maximum atomic E-state index is 14.4. The van der Waals surface area contributed by atoms with Crippen molar-refractivity contribution in [2.45, 2.75) is 26.2 Å². The van der Waals surface area contributed by atoms with Crippen LogP contribution in [0.4, 0.5) is 20.7 Å². The number of nitrogens with one attached hydrogen (secondary N) is 1. The Kier molecular flexibility index (Phi) is 8.10. The van der Waals surface area contributed by atoms with Crippen LogP contribution in [0.25, 0.3) is 10.9 Å². The predicted octanol–water partition coefficient (Wildman–Crippen LogP) is 6.33. The lowest BCUT2D eigenvalue weighted by atomic mass is 9.94. The van der Waals surface area contributed by atoms with Gasteiger partial charge >= 0.3 is 6.09 Å². The molecule has 1 aliphatic heterocycles. The molecule has 1 fully saturated rings. The SMILES string of the molecule is C=C(C)OC(=O)N1CCC(CCOc2cc3c(Nc4cccc(Cl)c4F)ncnc3cc2OC)CC1. The number of ether oxygens (including phenoxy) is 3. The van der Waals surface area contributed by atoms with Gasteiger partial charge in [-0.25, -0.2) is 19.2 Å². The van der Waals surface area contributed by atoms with Crippen LogP contribution < -0.4 is 14.8 Å². The first-order chi connectivity index (χ1) is 17.4. The molecule has 1 amide bonds. The van der Waals surface area contributed by atoms with E-state index in [1.807, 2.05) is 0 Å². The third-order valence-electron chi connectivity index (χ3n) is 6.04. The topological polar surface area (TPSA) is 85.8 Å². The summed E-state index contributed by atoms with van der Waals surface area (Å²) in [6.45, 7) is 7.02. The molecule has 2 heterocycles. The molecule has 1 saturated heterocycles. The third kappa shape index (κ3) is 5.96. The number of carbonyl (C=O) groups is 1. The Morgan fingerprint density at radius 1 is 1.25 bits per heavy atom. The molecule has 36 heavy (non-hydrogen) atoms. The van der Waals surface area contributed by atoms with Gasteiger partial charge in [0.2, 0.25) is 0 Å². The fourth-order valence-electron chi connectivity index (χ4n) is 4.12. The zero-order valence-electron chi connectivity index (χ0n) is 20.2. The van der Waals surface area contributed by atoms with Gasteiger partial charge in [-0.15, -0.1) is 0 Å². The number of likely N-dealkylation sites (tertiary alicyclic amines) is 1. The van der Waals surface area contributed by atoms with Crippen molar-refractivity contribution in [3.05, 3.63) is 59.8 Å². The maximum Gasteiger partial charge on any atom is 0.414 e. The van der Waals surface area contributed by atoms with E-state index in [0.717, 1.165) is 19.3 Å². The van der Waals surface area contributed by atoms with E-state index in [9.17, 15) is 9.18 Å². The quantitative estimate of drug-likeness (QED) is 0.352. The van der Waals surface area contributed by atoms with E-state index in [-0.39, 0.29) is 16.8 Å². The van der Waals surface area contributed by atoms with E-state index in [4.69, 9.17) is 25.8 Å². The standard InChI is InChI=1S/C26H28ClFN4O4/c1-16(2)36-26(33)32-10-7-17(8-11-32)9-12-35-23-13-18-21(14-22(23)34-3)29-15-30-25(18)31-20-6-4-5-19(27)24(20)28/h4-6,13-15,17H,1,7-12H2,2-3H3,(H,29,30,31). The minimum Gasteiger partial charge on any atom is -0.493 e. The zero-order valence-corrected chi connectivity index (χ0v) is 21.0. The van der Waals surface area contributed by atoms with Crippen molar-refractivity contribution in [2.24, 2.45) is 5.92 Å². The fourth-order valence-corrected chi connectivity index (χ4v) is 4.29. The molecule has 0 atom stereocenters. The lowest BCUT2D eigenvalue weighted by Gasteiger charge is -2.31. The molecule has 4 rings (SSSR count). The van der Waals surface area contributed by atoms with E-state index >= 15 is 0 Å². The summed E-state index contributed by atoms with van der Waals surface area (Å²) < 4.78 is 31.1. The van der Waals surface area contributed by atoms with Crippen molar-refractivity contribution < 1.29 is 23.4 Å². The summed E-state index contributed by atoms with van der Waals surface area (Å²) in [5.41, 5.74) is 0.826. The van der Waals surface area contributed by atoms with E-state index in [1.54, 1.807) is 43.2 Å². The highest BCUT2D eigenvalue weighted by atomic mass is 35.5. The van der Waals surface area contributed by atoms with Crippen molar-refractivity contribution in [2.75, 3.05) is 32.1 Å². The minimum absolute atomic E-state index is 0.0163. The molecule has 0 aliphatic carbocycles. The Bertz CT molecular complexity index is 1260. The van der Waals surface area contributed by atoms with E-state index in [1.165, 1.54) is 12.4 Å². The number of hydrogen-bond acceptors (Lipinski definition) is 7. The van der Waals surface area contributed by atoms with Crippen molar-refractivity contribution in [3.8, 4) is 11.5 Å². The molecule has 8 nitrogen and oxygen atoms in total. The number of amides is 1. The molecule has 1 N–H and O–H groups in total. The van der Waals surface area contributed by atoms with Gasteiger partial charge in [-0.2, -0.15) is 0 Å². The highest BCUT2D eigenvalue weighted by Crippen LogP contribution is 2.36. The Morgan fingerprint density at radius 3 is 2.75 bits per heavy atom. The number of nitrogens with zero attached hydrogens (tertiary/aromatic N) is 3. The molecule has 0 radical (unpaired) electrons. The zero-order chi connectivity index (χ0) is 25.7. The summed E-state index contributed by atoms with van der Waals surface area (Å²) in [5.74, 6) is 1.76. The van der Waals surface area contributed by atoms with Crippen LogP contribution in [0.3, 0.4) is 0 Å². The van der Waals surface area contributed by atoms with Gasteiger partial charge in [0.1, 0.15) is 12.1 Å². The average molecular weight is 515 g/mol. The van der Waals surface area contributed by atoms with Gasteiger partial charge in [0.15, 0.2) is 17.3 Å². The van der Waals surface area contributed by atoms with Crippen LogP contribution in [0.15, 0.2) is 49.0 Å². The number of anilines is 2. The Hall–Kier alpha value is -3.59. The minimum atomic E-state index is -0.560. The highest BCUT2D eigenvalue weighted by molar-refractivity contribution is 6.31. The van der Waals surface area contributed by atoms with Crippen molar-refractivity contribution >= 4 is 40.1 Å². The monoisotopic (exact) mass is 514 g/mol. The first-order valence-corrected chi connectivity index (χ1v) is 12.0. The van der Waals surface area contributed by atoms with Gasteiger partial charge in [-0.3, -0.25) is 0 Å². The molecule has 3 aromatic rings. The van der Waals surface area contributed by atoms with E-state index in [2.05, 4.69) is 21.9 Å². The van der Waals surface area contributed by atoms with Gasteiger partial charge in [0, 0.05) is 24.5 Å². The third-order valence-corrected chi connectivity index (χ3v) is 6.34. The summed E-state index contributed by atoms with van der Waals surface area (Å²) in [4.78, 5) is 22.3. The van der Waals surface area contributed by atoms with Crippen LogP contribution in [0.5, 0.6) is 11.5 Å². The number of carbonyl (C=O) groups excluding carboxylic acids is 1. The Balaban J connectivity index is 1.43. The van der Waals surface area contributed by atoms with Gasteiger partial charge in [-0.05, 0) is 50.3 Å². The summed E-state index contributed by atoms with van der Waals surface area (Å²) in [7, 11) is 1.56. The molecular formula is C26H28ClFN4O4. The first kappa shape index (κ1) is 25.5. The number of halogens is 2. The van der Waals surface area contributed by atoms with Crippen LogP contribution in [-0.4, -0.2) is 47.8 Å². The van der Waals surface area contributed by atoms with Gasteiger partial charge in [-0.1, -0.05) is 24.2 Å². The number of hydrogen-bond donors (Lipinski definition) is 1. The van der Waals surface area contributed by atoms with Crippen LogP contribution >= 0.6 is 11.6 Å². The van der Waals surface area contributed by atoms with Crippen LogP contribution in [0.2, 0.25) is 5.02 Å². The average Bonchev–Trinajstić information content (AvgIpc) is 2.86. The lowest BCUT2D eigenvalue weighted by molar-refractivity contribution is 0.107. The van der Waals surface area contributed by atoms with Gasteiger partial charge in [0.05, 0.1) is 35.7 Å². The van der Waals surface area contributed by atoms with Crippen LogP contribution in [-0.2, 0) is 4.74 Å². The van der Waals surface area contributed by atoms with Gasteiger partial charge < -0.3 is 24.4 Å². The number of aromatic nitrogens is 2. The molecule has 190 valence electrons. The second kappa shape index (κ2) is 11.4. The highest BCUT2D eigenvalue weighted by Gasteiger charge is 2.24. The molecule has 10 heteroatoms.